The average molecular weight is 238 g/mol. The zero-order chi connectivity index (χ0) is 12.1. The van der Waals surface area contributed by atoms with Crippen LogP contribution in [0.2, 0.25) is 0 Å². The van der Waals surface area contributed by atoms with Gasteiger partial charge in [-0.2, -0.15) is 0 Å². The molecule has 2 nitrogen and oxygen atoms in total. The Hall–Kier alpha value is -0.930. The summed E-state index contributed by atoms with van der Waals surface area (Å²) in [6.45, 7) is 3.02. The van der Waals surface area contributed by atoms with Crippen LogP contribution in [0.4, 0.5) is 4.39 Å². The van der Waals surface area contributed by atoms with Crippen molar-refractivity contribution < 1.29 is 13.9 Å². The highest BCUT2D eigenvalue weighted by Gasteiger charge is 2.23. The largest absolute Gasteiger partial charge is 0.374 e. The van der Waals surface area contributed by atoms with Crippen molar-refractivity contribution in [3.63, 3.8) is 0 Å². The molecule has 2 unspecified atom stereocenters. The molecule has 94 valence electrons. The summed E-state index contributed by atoms with van der Waals surface area (Å²) < 4.78 is 24.6. The van der Waals surface area contributed by atoms with E-state index >= 15 is 0 Å². The maximum absolute atomic E-state index is 13.3. The number of halogens is 1. The van der Waals surface area contributed by atoms with E-state index < -0.39 is 0 Å². The first-order valence-corrected chi connectivity index (χ1v) is 6.26. The summed E-state index contributed by atoms with van der Waals surface area (Å²) in [4.78, 5) is 0. The Kier molecular flexibility index (Phi) is 4.51. The first kappa shape index (κ1) is 12.5. The minimum atomic E-state index is -0.203. The van der Waals surface area contributed by atoms with Crippen molar-refractivity contribution in [3.05, 3.63) is 35.6 Å². The Morgan fingerprint density at radius 1 is 1.29 bits per heavy atom. The van der Waals surface area contributed by atoms with E-state index in [-0.39, 0.29) is 11.9 Å². The van der Waals surface area contributed by atoms with Crippen LogP contribution >= 0.6 is 0 Å². The monoisotopic (exact) mass is 238 g/mol. The van der Waals surface area contributed by atoms with Crippen LogP contribution < -0.4 is 0 Å². The van der Waals surface area contributed by atoms with Gasteiger partial charge in [-0.15, -0.1) is 0 Å². The second-order valence-electron chi connectivity index (χ2n) is 4.47. The van der Waals surface area contributed by atoms with Gasteiger partial charge in [-0.3, -0.25) is 0 Å². The summed E-state index contributed by atoms with van der Waals surface area (Å²) in [5.41, 5.74) is 0.609. The third kappa shape index (κ3) is 3.51. The number of hydrogen-bond acceptors (Lipinski definition) is 2. The molecule has 0 aliphatic carbocycles. The van der Waals surface area contributed by atoms with Crippen LogP contribution in [0.1, 0.15) is 31.7 Å². The van der Waals surface area contributed by atoms with E-state index in [0.29, 0.717) is 24.9 Å². The first-order chi connectivity index (χ1) is 8.29. The van der Waals surface area contributed by atoms with Gasteiger partial charge in [0.2, 0.25) is 0 Å². The molecule has 2 rings (SSSR count). The Bertz CT molecular complexity index is 354. The van der Waals surface area contributed by atoms with Crippen molar-refractivity contribution in [2.45, 2.75) is 45.0 Å². The van der Waals surface area contributed by atoms with Gasteiger partial charge in [-0.1, -0.05) is 25.1 Å². The summed E-state index contributed by atoms with van der Waals surface area (Å²) in [7, 11) is 0. The molecule has 0 saturated carbocycles. The quantitative estimate of drug-likeness (QED) is 0.783. The summed E-state index contributed by atoms with van der Waals surface area (Å²) in [6, 6.07) is 6.71. The maximum atomic E-state index is 13.3. The molecule has 1 aromatic rings. The molecule has 17 heavy (non-hydrogen) atoms. The fraction of sp³-hybridized carbons (Fsp3) is 0.571. The second kappa shape index (κ2) is 6.12. The fourth-order valence-electron chi connectivity index (χ4n) is 2.12. The van der Waals surface area contributed by atoms with Crippen molar-refractivity contribution in [1.82, 2.24) is 0 Å². The average Bonchev–Trinajstić information content (AvgIpc) is 2.80. The molecule has 1 heterocycles. The topological polar surface area (TPSA) is 18.5 Å². The molecule has 1 aromatic carbocycles. The van der Waals surface area contributed by atoms with Crippen molar-refractivity contribution in [2.75, 3.05) is 6.61 Å². The van der Waals surface area contributed by atoms with Crippen LogP contribution in [0.5, 0.6) is 0 Å². The number of rotatable bonds is 5. The normalized spacial score (nSPS) is 24.1. The number of hydrogen-bond donors (Lipinski definition) is 0. The zero-order valence-corrected chi connectivity index (χ0v) is 10.2. The van der Waals surface area contributed by atoms with Crippen LogP contribution in [-0.2, 0) is 16.1 Å². The third-order valence-electron chi connectivity index (χ3n) is 3.17. The van der Waals surface area contributed by atoms with Crippen molar-refractivity contribution >= 4 is 0 Å². The zero-order valence-electron chi connectivity index (χ0n) is 10.2. The Morgan fingerprint density at radius 2 is 2.06 bits per heavy atom. The van der Waals surface area contributed by atoms with Gasteiger partial charge in [-0.05, 0) is 25.3 Å². The van der Waals surface area contributed by atoms with Crippen molar-refractivity contribution in [1.29, 1.82) is 0 Å². The van der Waals surface area contributed by atoms with Crippen LogP contribution in [0.3, 0.4) is 0 Å². The van der Waals surface area contributed by atoms with Gasteiger partial charge in [0.15, 0.2) is 0 Å². The third-order valence-corrected chi connectivity index (χ3v) is 3.17. The summed E-state index contributed by atoms with van der Waals surface area (Å²) in [5.74, 6) is -0.203. The Labute approximate surface area is 102 Å². The fourth-order valence-corrected chi connectivity index (χ4v) is 2.12. The highest BCUT2D eigenvalue weighted by Crippen LogP contribution is 2.22. The molecule has 1 aliphatic rings. The number of ether oxygens (including phenoxy) is 2. The highest BCUT2D eigenvalue weighted by molar-refractivity contribution is 5.16. The van der Waals surface area contributed by atoms with Gasteiger partial charge < -0.3 is 9.47 Å². The molecule has 0 aromatic heterocycles. The summed E-state index contributed by atoms with van der Waals surface area (Å²) in [5, 5.41) is 0. The Morgan fingerprint density at radius 3 is 2.76 bits per heavy atom. The van der Waals surface area contributed by atoms with Gasteiger partial charge in [0, 0.05) is 5.56 Å². The van der Waals surface area contributed by atoms with E-state index in [1.165, 1.54) is 6.07 Å². The maximum Gasteiger partial charge on any atom is 0.128 e. The van der Waals surface area contributed by atoms with E-state index in [4.69, 9.17) is 9.47 Å². The molecular formula is C14H19FO2. The molecule has 3 heteroatoms. The Balaban J connectivity index is 1.72. The smallest absolute Gasteiger partial charge is 0.128 e. The molecule has 0 bridgehead atoms. The first-order valence-electron chi connectivity index (χ1n) is 6.26. The minimum absolute atomic E-state index is 0.187. The van der Waals surface area contributed by atoms with Crippen LogP contribution in [-0.4, -0.2) is 18.8 Å². The van der Waals surface area contributed by atoms with Crippen LogP contribution in [0.15, 0.2) is 24.3 Å². The molecule has 1 saturated heterocycles. The van der Waals surface area contributed by atoms with Crippen LogP contribution in [0.25, 0.3) is 0 Å². The number of benzene rings is 1. The minimum Gasteiger partial charge on any atom is -0.374 e. The van der Waals surface area contributed by atoms with E-state index in [0.717, 1.165) is 19.3 Å². The molecule has 2 atom stereocenters. The molecular weight excluding hydrogens is 219 g/mol. The lowest BCUT2D eigenvalue weighted by molar-refractivity contribution is -0.0208. The predicted molar refractivity (Wildman–Crippen MR) is 64.2 cm³/mol. The van der Waals surface area contributed by atoms with E-state index in [1.807, 2.05) is 6.07 Å². The summed E-state index contributed by atoms with van der Waals surface area (Å²) in [6.07, 6.45) is 3.80. The second-order valence-corrected chi connectivity index (χ2v) is 4.47. The van der Waals surface area contributed by atoms with E-state index in [1.54, 1.807) is 12.1 Å². The molecule has 0 N–H and O–H groups in total. The molecule has 1 aliphatic heterocycles. The lowest BCUT2D eigenvalue weighted by Crippen LogP contribution is -2.16. The van der Waals surface area contributed by atoms with Gasteiger partial charge >= 0.3 is 0 Å². The van der Waals surface area contributed by atoms with Crippen molar-refractivity contribution in [2.24, 2.45) is 0 Å². The lowest BCUT2D eigenvalue weighted by Gasteiger charge is -2.13. The molecule has 0 radical (unpaired) electrons. The van der Waals surface area contributed by atoms with E-state index in [2.05, 4.69) is 6.92 Å². The lowest BCUT2D eigenvalue weighted by atomic mass is 10.2. The molecule has 0 spiro atoms. The van der Waals surface area contributed by atoms with Crippen LogP contribution in [0, 0.1) is 5.82 Å². The highest BCUT2D eigenvalue weighted by atomic mass is 19.1. The molecule has 1 fully saturated rings. The van der Waals surface area contributed by atoms with Gasteiger partial charge in [0.25, 0.3) is 0 Å². The van der Waals surface area contributed by atoms with Crippen molar-refractivity contribution in [3.8, 4) is 0 Å². The SMILES string of the molecule is CCC1CCC(COCc2ccccc2F)O1. The predicted octanol–water partition coefficient (Wildman–Crippen LogP) is 3.30. The van der Waals surface area contributed by atoms with E-state index in [9.17, 15) is 4.39 Å². The standard InChI is InChI=1S/C14H19FO2/c1-2-12-7-8-13(17-12)10-16-9-11-5-3-4-6-14(11)15/h3-6,12-13H,2,7-10H2,1H3. The van der Waals surface area contributed by atoms with Gasteiger partial charge in [0.05, 0.1) is 25.4 Å². The van der Waals surface area contributed by atoms with Gasteiger partial charge in [0.1, 0.15) is 5.82 Å². The molecule has 0 amide bonds. The summed E-state index contributed by atoms with van der Waals surface area (Å²) >= 11 is 0. The van der Waals surface area contributed by atoms with Gasteiger partial charge in [-0.25, -0.2) is 4.39 Å².